The summed E-state index contributed by atoms with van der Waals surface area (Å²) < 4.78 is 12.3. The lowest BCUT2D eigenvalue weighted by Crippen LogP contribution is -2.30. The predicted octanol–water partition coefficient (Wildman–Crippen LogP) is 8.28. The van der Waals surface area contributed by atoms with Crippen molar-refractivity contribution < 1.29 is 19.1 Å². The van der Waals surface area contributed by atoms with Crippen LogP contribution in [0, 0.1) is 0 Å². The molecule has 0 unspecified atom stereocenters. The number of carbonyl (C=O) groups excluding carboxylic acids is 2. The van der Waals surface area contributed by atoms with Crippen molar-refractivity contribution in [3.05, 3.63) is 0 Å². The van der Waals surface area contributed by atoms with Crippen molar-refractivity contribution in [2.45, 2.75) is 180 Å². The van der Waals surface area contributed by atoms with E-state index >= 15 is 0 Å². The van der Waals surface area contributed by atoms with E-state index in [1.165, 1.54) is 77.0 Å². The SMILES string of the molecule is CCCCCCCCCCC(=O)[C@H]1CC[C@H]([C@H]2CC[C@H](C(=O)CCCCCCCCCC)O2)O1. The summed E-state index contributed by atoms with van der Waals surface area (Å²) in [4.78, 5) is 25.2. The second-order valence-electron chi connectivity index (χ2n) is 10.9. The molecule has 0 aliphatic carbocycles. The molecule has 2 fully saturated rings. The Balaban J connectivity index is 1.51. The zero-order chi connectivity index (χ0) is 24.4. The summed E-state index contributed by atoms with van der Waals surface area (Å²) in [7, 11) is 0. The molecule has 2 saturated heterocycles. The van der Waals surface area contributed by atoms with Crippen LogP contribution >= 0.6 is 0 Å². The highest BCUT2D eigenvalue weighted by atomic mass is 16.6. The average molecular weight is 479 g/mol. The summed E-state index contributed by atoms with van der Waals surface area (Å²) in [6.07, 6.45) is 24.2. The van der Waals surface area contributed by atoms with E-state index in [-0.39, 0.29) is 36.0 Å². The van der Waals surface area contributed by atoms with Crippen molar-refractivity contribution in [1.82, 2.24) is 0 Å². The third kappa shape index (κ3) is 11.8. The molecule has 4 nitrogen and oxygen atoms in total. The zero-order valence-corrected chi connectivity index (χ0v) is 22.5. The van der Waals surface area contributed by atoms with Crippen LogP contribution in [0.2, 0.25) is 0 Å². The minimum absolute atomic E-state index is 0.00608. The molecule has 0 amide bonds. The molecule has 0 aromatic heterocycles. The molecule has 2 aliphatic rings. The van der Waals surface area contributed by atoms with Gasteiger partial charge in [0.25, 0.3) is 0 Å². The highest BCUT2D eigenvalue weighted by Gasteiger charge is 2.40. The molecule has 2 heterocycles. The fraction of sp³-hybridized carbons (Fsp3) is 0.933. The molecule has 0 radical (unpaired) electrons. The Labute approximate surface area is 210 Å². The van der Waals surface area contributed by atoms with E-state index in [0.717, 1.165) is 51.4 Å². The number of unbranched alkanes of at least 4 members (excludes halogenated alkanes) is 14. The van der Waals surface area contributed by atoms with Gasteiger partial charge in [0.2, 0.25) is 0 Å². The van der Waals surface area contributed by atoms with Crippen LogP contribution in [0.25, 0.3) is 0 Å². The maximum absolute atomic E-state index is 12.6. The van der Waals surface area contributed by atoms with E-state index in [1.807, 2.05) is 0 Å². The Morgan fingerprint density at radius 1 is 0.500 bits per heavy atom. The summed E-state index contributed by atoms with van der Waals surface area (Å²) in [5.41, 5.74) is 0. The third-order valence-electron chi connectivity index (χ3n) is 7.79. The van der Waals surface area contributed by atoms with Gasteiger partial charge in [0, 0.05) is 12.8 Å². The number of Topliss-reactive ketones (excluding diaryl/α,β-unsaturated/α-hetero) is 2. The van der Waals surface area contributed by atoms with Crippen molar-refractivity contribution in [2.24, 2.45) is 0 Å². The van der Waals surface area contributed by atoms with Crippen LogP contribution < -0.4 is 0 Å². The molecule has 2 aliphatic heterocycles. The predicted molar refractivity (Wildman–Crippen MR) is 140 cm³/mol. The number of ether oxygens (including phenoxy) is 2. The standard InChI is InChI=1S/C30H54O4/c1-3-5-7-9-11-13-15-17-19-25(31)27-21-23-29(33-27)30-24-22-28(34-30)26(32)20-18-16-14-12-10-8-6-4-2/h27-30H,3-24H2,1-2H3/t27-,28-,29-,30-/m1/s1. The topological polar surface area (TPSA) is 52.6 Å². The van der Waals surface area contributed by atoms with Crippen LogP contribution in [0.1, 0.15) is 155 Å². The molecule has 2 rings (SSSR count). The molecule has 34 heavy (non-hydrogen) atoms. The molecular weight excluding hydrogens is 424 g/mol. The Morgan fingerprint density at radius 2 is 0.824 bits per heavy atom. The highest BCUT2D eigenvalue weighted by Crippen LogP contribution is 2.33. The van der Waals surface area contributed by atoms with Crippen LogP contribution in [0.4, 0.5) is 0 Å². The molecule has 4 atom stereocenters. The lowest BCUT2D eigenvalue weighted by atomic mass is 10.0. The minimum Gasteiger partial charge on any atom is -0.365 e. The largest absolute Gasteiger partial charge is 0.365 e. The second-order valence-corrected chi connectivity index (χ2v) is 10.9. The first-order valence-electron chi connectivity index (χ1n) is 15.0. The van der Waals surface area contributed by atoms with Gasteiger partial charge in [-0.15, -0.1) is 0 Å². The van der Waals surface area contributed by atoms with E-state index in [4.69, 9.17) is 9.47 Å². The fourth-order valence-electron chi connectivity index (χ4n) is 5.53. The minimum atomic E-state index is -0.245. The monoisotopic (exact) mass is 478 g/mol. The fourth-order valence-corrected chi connectivity index (χ4v) is 5.53. The average Bonchev–Trinajstić information content (AvgIpc) is 3.52. The van der Waals surface area contributed by atoms with Crippen LogP contribution in [-0.2, 0) is 19.1 Å². The van der Waals surface area contributed by atoms with E-state index in [1.54, 1.807) is 0 Å². The van der Waals surface area contributed by atoms with Crippen LogP contribution in [0.5, 0.6) is 0 Å². The number of hydrogen-bond donors (Lipinski definition) is 0. The quantitative estimate of drug-likeness (QED) is 0.156. The van der Waals surface area contributed by atoms with Gasteiger partial charge in [-0.05, 0) is 38.5 Å². The summed E-state index contributed by atoms with van der Waals surface area (Å²) in [6, 6.07) is 0. The maximum Gasteiger partial charge on any atom is 0.161 e. The van der Waals surface area contributed by atoms with Crippen molar-refractivity contribution in [1.29, 1.82) is 0 Å². The normalized spacial score (nSPS) is 24.6. The summed E-state index contributed by atoms with van der Waals surface area (Å²) in [6.45, 7) is 4.49. The van der Waals surface area contributed by atoms with Crippen molar-refractivity contribution in [3.8, 4) is 0 Å². The van der Waals surface area contributed by atoms with Gasteiger partial charge in [-0.25, -0.2) is 0 Å². The lowest BCUT2D eigenvalue weighted by Gasteiger charge is -2.20. The first kappa shape index (κ1) is 29.5. The maximum atomic E-state index is 12.6. The van der Waals surface area contributed by atoms with Gasteiger partial charge in [-0.2, -0.15) is 0 Å². The number of carbonyl (C=O) groups is 2. The summed E-state index contributed by atoms with van der Waals surface area (Å²) in [5.74, 6) is 0.544. The Kier molecular flexibility index (Phi) is 16.1. The first-order chi connectivity index (χ1) is 16.7. The molecule has 0 N–H and O–H groups in total. The van der Waals surface area contributed by atoms with Crippen LogP contribution in [-0.4, -0.2) is 36.0 Å². The van der Waals surface area contributed by atoms with Crippen molar-refractivity contribution >= 4 is 11.6 Å². The van der Waals surface area contributed by atoms with Gasteiger partial charge in [-0.1, -0.05) is 104 Å². The molecule has 0 bridgehead atoms. The lowest BCUT2D eigenvalue weighted by molar-refractivity contribution is -0.139. The van der Waals surface area contributed by atoms with E-state index < -0.39 is 0 Å². The Hall–Kier alpha value is -0.740. The Bertz CT molecular complexity index is 498. The van der Waals surface area contributed by atoms with Gasteiger partial charge < -0.3 is 9.47 Å². The van der Waals surface area contributed by atoms with Crippen LogP contribution in [0.15, 0.2) is 0 Å². The highest BCUT2D eigenvalue weighted by molar-refractivity contribution is 5.83. The van der Waals surface area contributed by atoms with E-state index in [9.17, 15) is 9.59 Å². The molecule has 198 valence electrons. The number of ketones is 2. The van der Waals surface area contributed by atoms with Gasteiger partial charge in [0.1, 0.15) is 12.2 Å². The zero-order valence-electron chi connectivity index (χ0n) is 22.5. The second kappa shape index (κ2) is 18.5. The first-order valence-corrected chi connectivity index (χ1v) is 15.0. The number of hydrogen-bond acceptors (Lipinski definition) is 4. The van der Waals surface area contributed by atoms with Gasteiger partial charge >= 0.3 is 0 Å². The van der Waals surface area contributed by atoms with E-state index in [0.29, 0.717) is 12.8 Å². The Morgan fingerprint density at radius 3 is 1.18 bits per heavy atom. The van der Waals surface area contributed by atoms with E-state index in [2.05, 4.69) is 13.8 Å². The molecule has 0 aromatic rings. The number of rotatable bonds is 21. The van der Waals surface area contributed by atoms with Gasteiger partial charge in [0.05, 0.1) is 12.2 Å². The van der Waals surface area contributed by atoms with Crippen molar-refractivity contribution in [3.63, 3.8) is 0 Å². The third-order valence-corrected chi connectivity index (χ3v) is 7.79. The van der Waals surface area contributed by atoms with Gasteiger partial charge in [-0.3, -0.25) is 9.59 Å². The summed E-state index contributed by atoms with van der Waals surface area (Å²) >= 11 is 0. The molecule has 0 spiro atoms. The molecular formula is C30H54O4. The molecule has 4 heteroatoms. The van der Waals surface area contributed by atoms with Crippen molar-refractivity contribution in [2.75, 3.05) is 0 Å². The van der Waals surface area contributed by atoms with Gasteiger partial charge in [0.15, 0.2) is 11.6 Å². The smallest absolute Gasteiger partial charge is 0.161 e. The molecule has 0 aromatic carbocycles. The molecule has 0 saturated carbocycles. The van der Waals surface area contributed by atoms with Crippen LogP contribution in [0.3, 0.4) is 0 Å². The summed E-state index contributed by atoms with van der Waals surface area (Å²) in [5, 5.41) is 0.